The second kappa shape index (κ2) is 5.75. The lowest BCUT2D eigenvalue weighted by atomic mass is 10.1. The monoisotopic (exact) mass is 300 g/mol. The van der Waals surface area contributed by atoms with Crippen molar-refractivity contribution in [3.63, 3.8) is 0 Å². The van der Waals surface area contributed by atoms with Crippen molar-refractivity contribution in [3.8, 4) is 0 Å². The van der Waals surface area contributed by atoms with Crippen molar-refractivity contribution >= 4 is 22.7 Å². The number of nitrogen functional groups attached to an aromatic ring is 1. The maximum atomic E-state index is 12.5. The topological polar surface area (TPSA) is 38.0 Å². The minimum absolute atomic E-state index is 0.0905. The fourth-order valence-corrected chi connectivity index (χ4v) is 2.75. The van der Waals surface area contributed by atoms with Gasteiger partial charge < -0.3 is 11.1 Å². The van der Waals surface area contributed by atoms with Gasteiger partial charge in [-0.05, 0) is 36.6 Å². The molecule has 0 bridgehead atoms. The molecule has 0 saturated heterocycles. The number of nitrogens with one attached hydrogen (secondary N) is 1. The third kappa shape index (κ3) is 3.66. The van der Waals surface area contributed by atoms with E-state index in [9.17, 15) is 13.2 Å². The molecule has 0 radical (unpaired) electrons. The Bertz CT molecular complexity index is 564. The zero-order valence-electron chi connectivity index (χ0n) is 10.9. The number of alkyl halides is 3. The van der Waals surface area contributed by atoms with E-state index in [4.69, 9.17) is 5.73 Å². The average Bonchev–Trinajstić information content (AvgIpc) is 2.83. The molecular formula is C14H15F3N2S. The molecule has 1 aromatic heterocycles. The van der Waals surface area contributed by atoms with Crippen molar-refractivity contribution in [1.82, 2.24) is 0 Å². The molecule has 0 aliphatic carbocycles. The minimum Gasteiger partial charge on any atom is -0.397 e. The van der Waals surface area contributed by atoms with Crippen LogP contribution in [-0.2, 0) is 12.6 Å². The lowest BCUT2D eigenvalue weighted by Gasteiger charge is -2.17. The Morgan fingerprint density at radius 3 is 2.60 bits per heavy atom. The number of rotatable bonds is 4. The molecule has 3 N–H and O–H groups in total. The summed E-state index contributed by atoms with van der Waals surface area (Å²) in [5.41, 5.74) is 5.59. The van der Waals surface area contributed by atoms with Crippen LogP contribution >= 0.6 is 11.3 Å². The standard InChI is InChI=1S/C14H15F3N2S/c1-9(7-11-3-2-6-20-11)19-13-5-4-10(8-12(13)18)14(15,16)17/h2-6,8-9,19H,7,18H2,1H3. The molecule has 2 nitrogen and oxygen atoms in total. The quantitative estimate of drug-likeness (QED) is 0.822. The van der Waals surface area contributed by atoms with Gasteiger partial charge in [0.1, 0.15) is 0 Å². The van der Waals surface area contributed by atoms with Crippen LogP contribution in [0.4, 0.5) is 24.5 Å². The van der Waals surface area contributed by atoms with E-state index in [1.54, 1.807) is 11.3 Å². The van der Waals surface area contributed by atoms with Gasteiger partial charge in [-0.1, -0.05) is 6.07 Å². The van der Waals surface area contributed by atoms with Crippen LogP contribution in [-0.4, -0.2) is 6.04 Å². The first kappa shape index (κ1) is 14.7. The van der Waals surface area contributed by atoms with Crippen LogP contribution in [0.15, 0.2) is 35.7 Å². The van der Waals surface area contributed by atoms with E-state index in [0.717, 1.165) is 18.6 Å². The zero-order chi connectivity index (χ0) is 14.8. The van der Waals surface area contributed by atoms with Crippen molar-refractivity contribution in [2.24, 2.45) is 0 Å². The summed E-state index contributed by atoms with van der Waals surface area (Å²) in [6.07, 6.45) is -3.56. The molecule has 0 aliphatic rings. The second-order valence-electron chi connectivity index (χ2n) is 4.63. The maximum absolute atomic E-state index is 12.5. The van der Waals surface area contributed by atoms with Gasteiger partial charge in [0.05, 0.1) is 16.9 Å². The Labute approximate surface area is 119 Å². The third-order valence-corrected chi connectivity index (χ3v) is 3.77. The number of thiophene rings is 1. The van der Waals surface area contributed by atoms with Crippen molar-refractivity contribution < 1.29 is 13.2 Å². The average molecular weight is 300 g/mol. The number of hydrogen-bond donors (Lipinski definition) is 2. The summed E-state index contributed by atoms with van der Waals surface area (Å²) >= 11 is 1.65. The van der Waals surface area contributed by atoms with E-state index in [1.165, 1.54) is 10.9 Å². The Morgan fingerprint density at radius 1 is 1.30 bits per heavy atom. The summed E-state index contributed by atoms with van der Waals surface area (Å²) in [7, 11) is 0. The Kier molecular flexibility index (Phi) is 4.23. The first-order chi connectivity index (χ1) is 9.36. The predicted octanol–water partition coefficient (Wildman–Crippen LogP) is 4.39. The van der Waals surface area contributed by atoms with E-state index in [-0.39, 0.29) is 11.7 Å². The van der Waals surface area contributed by atoms with Crippen LogP contribution in [0.1, 0.15) is 17.4 Å². The Hall–Kier alpha value is -1.69. The molecule has 0 amide bonds. The van der Waals surface area contributed by atoms with E-state index in [0.29, 0.717) is 5.69 Å². The van der Waals surface area contributed by atoms with Crippen LogP contribution in [0.2, 0.25) is 0 Å². The fourth-order valence-electron chi connectivity index (χ4n) is 1.92. The van der Waals surface area contributed by atoms with Crippen molar-refractivity contribution in [2.75, 3.05) is 11.1 Å². The Balaban J connectivity index is 2.06. The van der Waals surface area contributed by atoms with Crippen molar-refractivity contribution in [1.29, 1.82) is 0 Å². The van der Waals surface area contributed by atoms with Crippen LogP contribution in [0.3, 0.4) is 0 Å². The zero-order valence-corrected chi connectivity index (χ0v) is 11.7. The SMILES string of the molecule is CC(Cc1cccs1)Nc1ccc(C(F)(F)F)cc1N. The highest BCUT2D eigenvalue weighted by molar-refractivity contribution is 7.09. The van der Waals surface area contributed by atoms with Crippen molar-refractivity contribution in [3.05, 3.63) is 46.2 Å². The normalized spacial score (nSPS) is 13.2. The molecule has 20 heavy (non-hydrogen) atoms. The molecule has 108 valence electrons. The van der Waals surface area contributed by atoms with Crippen LogP contribution in [0.25, 0.3) is 0 Å². The van der Waals surface area contributed by atoms with E-state index in [1.807, 2.05) is 24.4 Å². The lowest BCUT2D eigenvalue weighted by molar-refractivity contribution is -0.137. The highest BCUT2D eigenvalue weighted by atomic mass is 32.1. The van der Waals surface area contributed by atoms with Crippen LogP contribution < -0.4 is 11.1 Å². The molecule has 0 saturated carbocycles. The first-order valence-corrected chi connectivity index (χ1v) is 7.00. The molecule has 1 atom stereocenters. The molecule has 1 unspecified atom stereocenters. The van der Waals surface area contributed by atoms with Crippen LogP contribution in [0, 0.1) is 0 Å². The van der Waals surface area contributed by atoms with Crippen LogP contribution in [0.5, 0.6) is 0 Å². The number of benzene rings is 1. The van der Waals surface area contributed by atoms with Gasteiger partial charge >= 0.3 is 6.18 Å². The fraction of sp³-hybridized carbons (Fsp3) is 0.286. The first-order valence-electron chi connectivity index (χ1n) is 6.12. The largest absolute Gasteiger partial charge is 0.416 e. The Morgan fingerprint density at radius 2 is 2.05 bits per heavy atom. The lowest BCUT2D eigenvalue weighted by Crippen LogP contribution is -2.18. The van der Waals surface area contributed by atoms with Gasteiger partial charge in [-0.2, -0.15) is 13.2 Å². The van der Waals surface area contributed by atoms with Gasteiger partial charge in [-0.3, -0.25) is 0 Å². The number of anilines is 2. The summed E-state index contributed by atoms with van der Waals surface area (Å²) in [4.78, 5) is 1.22. The molecule has 1 aromatic carbocycles. The smallest absolute Gasteiger partial charge is 0.397 e. The van der Waals surface area contributed by atoms with Gasteiger partial charge in [0.2, 0.25) is 0 Å². The molecular weight excluding hydrogens is 285 g/mol. The third-order valence-electron chi connectivity index (χ3n) is 2.87. The molecule has 0 spiro atoms. The van der Waals surface area contributed by atoms with Gasteiger partial charge in [-0.15, -0.1) is 11.3 Å². The highest BCUT2D eigenvalue weighted by Crippen LogP contribution is 2.33. The number of nitrogens with two attached hydrogens (primary N) is 1. The van der Waals surface area contributed by atoms with E-state index in [2.05, 4.69) is 5.32 Å². The molecule has 2 aromatic rings. The summed E-state index contributed by atoms with van der Waals surface area (Å²) < 4.78 is 37.6. The van der Waals surface area contributed by atoms with Crippen molar-refractivity contribution in [2.45, 2.75) is 25.6 Å². The van der Waals surface area contributed by atoms with Gasteiger partial charge in [0.15, 0.2) is 0 Å². The maximum Gasteiger partial charge on any atom is 0.416 e. The molecule has 6 heteroatoms. The molecule has 0 aliphatic heterocycles. The molecule has 0 fully saturated rings. The van der Waals surface area contributed by atoms with Gasteiger partial charge in [0.25, 0.3) is 0 Å². The van der Waals surface area contributed by atoms with Gasteiger partial charge in [0, 0.05) is 17.3 Å². The number of hydrogen-bond acceptors (Lipinski definition) is 3. The summed E-state index contributed by atoms with van der Waals surface area (Å²) in [5.74, 6) is 0. The summed E-state index contributed by atoms with van der Waals surface area (Å²) in [5, 5.41) is 5.14. The van der Waals surface area contributed by atoms with E-state index >= 15 is 0 Å². The molecule has 1 heterocycles. The summed E-state index contributed by atoms with van der Waals surface area (Å²) in [6, 6.07) is 7.46. The van der Waals surface area contributed by atoms with E-state index < -0.39 is 11.7 Å². The highest BCUT2D eigenvalue weighted by Gasteiger charge is 2.30. The molecule has 2 rings (SSSR count). The summed E-state index contributed by atoms with van der Waals surface area (Å²) in [6.45, 7) is 1.97. The predicted molar refractivity (Wildman–Crippen MR) is 77.0 cm³/mol. The minimum atomic E-state index is -4.37. The number of halogens is 3. The second-order valence-corrected chi connectivity index (χ2v) is 5.66. The van der Waals surface area contributed by atoms with Gasteiger partial charge in [-0.25, -0.2) is 0 Å².